The van der Waals surface area contributed by atoms with Gasteiger partial charge in [0.05, 0.1) is 18.5 Å². The lowest BCUT2D eigenvalue weighted by Crippen LogP contribution is -2.07. The summed E-state index contributed by atoms with van der Waals surface area (Å²) in [5.41, 5.74) is 1.67. The van der Waals surface area contributed by atoms with Gasteiger partial charge in [0.1, 0.15) is 27.8 Å². The molecule has 0 saturated carbocycles. The number of carbonyl (C=O) groups is 1. The van der Waals surface area contributed by atoms with E-state index in [4.69, 9.17) is 13.9 Å². The van der Waals surface area contributed by atoms with Crippen LogP contribution in [0.5, 0.6) is 5.75 Å². The summed E-state index contributed by atoms with van der Waals surface area (Å²) < 4.78 is 15.8. The van der Waals surface area contributed by atoms with Crippen molar-refractivity contribution in [2.24, 2.45) is 0 Å². The number of methoxy groups -OCH3 is 1. The van der Waals surface area contributed by atoms with Crippen LogP contribution in [0.2, 0.25) is 0 Å². The fraction of sp³-hybridized carbons (Fsp3) is 0.143. The number of pyridine rings is 1. The molecule has 0 bridgehead atoms. The molecule has 0 fully saturated rings. The van der Waals surface area contributed by atoms with Crippen molar-refractivity contribution in [1.29, 1.82) is 0 Å². The third-order valence-corrected chi connectivity index (χ3v) is 5.42. The number of esters is 1. The second-order valence-electron chi connectivity index (χ2n) is 6.18. The number of benzene rings is 1. The van der Waals surface area contributed by atoms with Gasteiger partial charge in [-0.3, -0.25) is 4.98 Å². The van der Waals surface area contributed by atoms with Gasteiger partial charge in [0.25, 0.3) is 0 Å². The molecule has 3 aromatic heterocycles. The lowest BCUT2D eigenvalue weighted by Gasteiger charge is -2.08. The number of ether oxygens (including phenoxy) is 2. The zero-order valence-corrected chi connectivity index (χ0v) is 16.5. The highest BCUT2D eigenvalue weighted by Gasteiger charge is 2.19. The minimum absolute atomic E-state index is 0.0659. The number of aryl methyl sites for hydroxylation is 1. The summed E-state index contributed by atoms with van der Waals surface area (Å²) in [5, 5.41) is 1.32. The minimum Gasteiger partial charge on any atom is -0.497 e. The van der Waals surface area contributed by atoms with Gasteiger partial charge < -0.3 is 13.9 Å². The summed E-state index contributed by atoms with van der Waals surface area (Å²) in [7, 11) is 1.53. The minimum atomic E-state index is -0.525. The molecule has 7 nitrogen and oxygen atoms in total. The van der Waals surface area contributed by atoms with Crippen molar-refractivity contribution in [2.75, 3.05) is 7.11 Å². The number of rotatable bonds is 5. The van der Waals surface area contributed by atoms with E-state index in [1.165, 1.54) is 24.5 Å². The SMILES string of the molecule is COc1ccc2c(COC(=O)c3sc(-c4ccccn4)nc3C)cc(=O)oc2c1. The average molecular weight is 408 g/mol. The van der Waals surface area contributed by atoms with E-state index < -0.39 is 11.6 Å². The van der Waals surface area contributed by atoms with Crippen LogP contribution in [-0.2, 0) is 11.3 Å². The molecular weight excluding hydrogens is 392 g/mol. The van der Waals surface area contributed by atoms with Gasteiger partial charge in [-0.1, -0.05) is 6.07 Å². The number of carbonyl (C=O) groups excluding carboxylic acids is 1. The number of thiazole rings is 1. The topological polar surface area (TPSA) is 91.5 Å². The Kier molecular flexibility index (Phi) is 5.09. The molecule has 0 N–H and O–H groups in total. The molecule has 1 aromatic carbocycles. The number of fused-ring (bicyclic) bond motifs is 1. The van der Waals surface area contributed by atoms with Gasteiger partial charge in [-0.05, 0) is 31.2 Å². The first-order valence-electron chi connectivity index (χ1n) is 8.72. The van der Waals surface area contributed by atoms with Gasteiger partial charge in [0.2, 0.25) is 0 Å². The normalized spacial score (nSPS) is 10.8. The van der Waals surface area contributed by atoms with Crippen LogP contribution in [-0.4, -0.2) is 23.0 Å². The highest BCUT2D eigenvalue weighted by atomic mass is 32.1. The molecule has 8 heteroatoms. The van der Waals surface area contributed by atoms with Gasteiger partial charge >= 0.3 is 11.6 Å². The molecule has 0 atom stereocenters. The Morgan fingerprint density at radius 2 is 2.07 bits per heavy atom. The summed E-state index contributed by atoms with van der Waals surface area (Å²) in [6.07, 6.45) is 1.67. The number of hydrogen-bond acceptors (Lipinski definition) is 8. The lowest BCUT2D eigenvalue weighted by atomic mass is 10.1. The molecule has 4 aromatic rings. The van der Waals surface area contributed by atoms with E-state index in [9.17, 15) is 9.59 Å². The van der Waals surface area contributed by atoms with E-state index in [0.717, 1.165) is 0 Å². The molecule has 0 saturated heterocycles. The first kappa shape index (κ1) is 18.8. The van der Waals surface area contributed by atoms with E-state index in [0.29, 0.717) is 43.6 Å². The number of hydrogen-bond donors (Lipinski definition) is 0. The predicted molar refractivity (Wildman–Crippen MR) is 108 cm³/mol. The highest BCUT2D eigenvalue weighted by Crippen LogP contribution is 2.28. The van der Waals surface area contributed by atoms with Crippen LogP contribution >= 0.6 is 11.3 Å². The standard InChI is InChI=1S/C21H16N2O5S/c1-12-19(29-20(23-12)16-5-3-4-8-22-16)21(25)27-11-13-9-18(24)28-17-10-14(26-2)6-7-15(13)17/h3-10H,11H2,1-2H3. The molecule has 0 spiro atoms. The first-order chi connectivity index (χ1) is 14.0. The second kappa shape index (κ2) is 7.84. The number of nitrogens with zero attached hydrogens (tertiary/aromatic N) is 2. The Balaban J connectivity index is 1.58. The molecule has 0 radical (unpaired) electrons. The van der Waals surface area contributed by atoms with Crippen molar-refractivity contribution in [1.82, 2.24) is 9.97 Å². The molecular formula is C21H16N2O5S. The quantitative estimate of drug-likeness (QED) is 0.364. The largest absolute Gasteiger partial charge is 0.497 e. The molecule has 146 valence electrons. The monoisotopic (exact) mass is 408 g/mol. The third kappa shape index (κ3) is 3.88. The second-order valence-corrected chi connectivity index (χ2v) is 7.18. The van der Waals surface area contributed by atoms with Crippen LogP contribution in [0.1, 0.15) is 20.9 Å². The molecule has 0 aliphatic rings. The van der Waals surface area contributed by atoms with Crippen LogP contribution in [0.4, 0.5) is 0 Å². The average Bonchev–Trinajstić information content (AvgIpc) is 3.13. The van der Waals surface area contributed by atoms with Crippen LogP contribution < -0.4 is 10.4 Å². The van der Waals surface area contributed by atoms with E-state index in [1.807, 2.05) is 18.2 Å². The van der Waals surface area contributed by atoms with Crippen molar-refractivity contribution in [3.63, 3.8) is 0 Å². The van der Waals surface area contributed by atoms with E-state index in [2.05, 4.69) is 9.97 Å². The van der Waals surface area contributed by atoms with Crippen LogP contribution in [0.3, 0.4) is 0 Å². The summed E-state index contributed by atoms with van der Waals surface area (Å²) in [6.45, 7) is 1.68. The fourth-order valence-corrected chi connectivity index (χ4v) is 3.79. The maximum Gasteiger partial charge on any atom is 0.350 e. The first-order valence-corrected chi connectivity index (χ1v) is 9.53. The Morgan fingerprint density at radius 3 is 2.83 bits per heavy atom. The highest BCUT2D eigenvalue weighted by molar-refractivity contribution is 7.17. The Bertz CT molecular complexity index is 1250. The van der Waals surface area contributed by atoms with E-state index in [1.54, 1.807) is 31.3 Å². The number of aromatic nitrogens is 2. The zero-order valence-electron chi connectivity index (χ0n) is 15.7. The van der Waals surface area contributed by atoms with Crippen molar-refractivity contribution in [2.45, 2.75) is 13.5 Å². The van der Waals surface area contributed by atoms with Gasteiger partial charge in [-0.15, -0.1) is 11.3 Å². The molecule has 4 rings (SSSR count). The van der Waals surface area contributed by atoms with Crippen molar-refractivity contribution >= 4 is 28.3 Å². The third-order valence-electron chi connectivity index (χ3n) is 4.26. The van der Waals surface area contributed by atoms with Crippen LogP contribution in [0.25, 0.3) is 21.7 Å². The van der Waals surface area contributed by atoms with Gasteiger partial charge in [0, 0.05) is 29.3 Å². The van der Waals surface area contributed by atoms with Crippen molar-refractivity contribution < 1.29 is 18.7 Å². The molecule has 0 amide bonds. The Hall–Kier alpha value is -3.52. The molecule has 0 unspecified atom stereocenters. The van der Waals surface area contributed by atoms with Crippen LogP contribution in [0, 0.1) is 6.92 Å². The molecule has 0 aliphatic carbocycles. The van der Waals surface area contributed by atoms with E-state index >= 15 is 0 Å². The Morgan fingerprint density at radius 1 is 1.21 bits per heavy atom. The molecule has 0 aliphatic heterocycles. The van der Waals surface area contributed by atoms with Crippen molar-refractivity contribution in [3.8, 4) is 16.5 Å². The Labute approximate surface area is 169 Å². The molecule has 29 heavy (non-hydrogen) atoms. The predicted octanol–water partition coefficient (Wildman–Crippen LogP) is 3.99. The zero-order chi connectivity index (χ0) is 20.4. The van der Waals surface area contributed by atoms with Gasteiger partial charge in [-0.2, -0.15) is 0 Å². The van der Waals surface area contributed by atoms with E-state index in [-0.39, 0.29) is 6.61 Å². The summed E-state index contributed by atoms with van der Waals surface area (Å²) in [4.78, 5) is 33.6. The summed E-state index contributed by atoms with van der Waals surface area (Å²) in [5.74, 6) is 0.0641. The maximum absolute atomic E-state index is 12.6. The fourth-order valence-electron chi connectivity index (χ4n) is 2.85. The summed E-state index contributed by atoms with van der Waals surface area (Å²) in [6, 6.07) is 12.0. The smallest absolute Gasteiger partial charge is 0.350 e. The maximum atomic E-state index is 12.6. The van der Waals surface area contributed by atoms with Gasteiger partial charge in [-0.25, -0.2) is 14.6 Å². The lowest BCUT2D eigenvalue weighted by molar-refractivity contribution is 0.0478. The molecule has 3 heterocycles. The van der Waals surface area contributed by atoms with Crippen molar-refractivity contribution in [3.05, 3.63) is 75.2 Å². The van der Waals surface area contributed by atoms with Gasteiger partial charge in [0.15, 0.2) is 0 Å². The van der Waals surface area contributed by atoms with Crippen LogP contribution in [0.15, 0.2) is 57.9 Å². The summed E-state index contributed by atoms with van der Waals surface area (Å²) >= 11 is 1.22.